The van der Waals surface area contributed by atoms with E-state index in [1.54, 1.807) is 26.0 Å². The van der Waals surface area contributed by atoms with E-state index in [4.69, 9.17) is 23.1 Å². The fourth-order valence-corrected chi connectivity index (χ4v) is 1.50. The lowest BCUT2D eigenvalue weighted by molar-refractivity contribution is 0.0695. The SMILES string of the molecule is Cc1nc(N)ccc1C(=O)O.[C-]#[N+]c1ccc(N)nc1C. The van der Waals surface area contributed by atoms with Gasteiger partial charge in [0.1, 0.15) is 11.6 Å². The van der Waals surface area contributed by atoms with E-state index in [0.717, 1.165) is 0 Å². The van der Waals surface area contributed by atoms with Crippen molar-refractivity contribution < 1.29 is 9.90 Å². The van der Waals surface area contributed by atoms with Crippen LogP contribution in [0.1, 0.15) is 21.7 Å². The van der Waals surface area contributed by atoms with Gasteiger partial charge in [0, 0.05) is 5.69 Å². The predicted octanol–water partition coefficient (Wildman–Crippen LogP) is 2.19. The van der Waals surface area contributed by atoms with Crippen LogP contribution in [-0.2, 0) is 0 Å². The molecule has 7 nitrogen and oxygen atoms in total. The zero-order valence-corrected chi connectivity index (χ0v) is 11.7. The number of nitrogens with two attached hydrogens (primary N) is 2. The summed E-state index contributed by atoms with van der Waals surface area (Å²) in [5.41, 5.74) is 12.6. The molecule has 2 rings (SSSR count). The maximum Gasteiger partial charge on any atom is 0.337 e. The number of carboxylic acid groups (broad SMARTS) is 1. The summed E-state index contributed by atoms with van der Waals surface area (Å²) in [7, 11) is 0. The largest absolute Gasteiger partial charge is 0.478 e. The van der Waals surface area contributed by atoms with Crippen molar-refractivity contribution >= 4 is 23.3 Å². The monoisotopic (exact) mass is 285 g/mol. The highest BCUT2D eigenvalue weighted by molar-refractivity contribution is 5.88. The summed E-state index contributed by atoms with van der Waals surface area (Å²) >= 11 is 0. The van der Waals surface area contributed by atoms with Gasteiger partial charge in [-0.2, -0.15) is 0 Å². The Balaban J connectivity index is 0.000000211. The summed E-state index contributed by atoms with van der Waals surface area (Å²) in [6.07, 6.45) is 0. The van der Waals surface area contributed by atoms with Crippen molar-refractivity contribution in [3.63, 3.8) is 0 Å². The number of nitrogens with zero attached hydrogens (tertiary/aromatic N) is 3. The van der Waals surface area contributed by atoms with Gasteiger partial charge in [0.15, 0.2) is 0 Å². The van der Waals surface area contributed by atoms with Crippen molar-refractivity contribution in [1.29, 1.82) is 0 Å². The van der Waals surface area contributed by atoms with E-state index in [0.29, 0.717) is 28.7 Å². The van der Waals surface area contributed by atoms with Crippen LogP contribution in [0, 0.1) is 20.4 Å². The van der Waals surface area contributed by atoms with E-state index in [9.17, 15) is 4.79 Å². The second-order valence-corrected chi connectivity index (χ2v) is 4.13. The van der Waals surface area contributed by atoms with Crippen molar-refractivity contribution in [3.8, 4) is 0 Å². The number of aromatic nitrogens is 2. The molecule has 0 unspecified atom stereocenters. The Morgan fingerprint density at radius 2 is 1.62 bits per heavy atom. The van der Waals surface area contributed by atoms with E-state index in [-0.39, 0.29) is 5.56 Å². The fraction of sp³-hybridized carbons (Fsp3) is 0.143. The van der Waals surface area contributed by atoms with Crippen LogP contribution in [0.4, 0.5) is 17.3 Å². The van der Waals surface area contributed by atoms with Crippen LogP contribution in [0.25, 0.3) is 4.85 Å². The second kappa shape index (κ2) is 6.86. The van der Waals surface area contributed by atoms with Crippen molar-refractivity contribution in [2.24, 2.45) is 0 Å². The van der Waals surface area contributed by atoms with E-state index in [2.05, 4.69) is 14.8 Å². The van der Waals surface area contributed by atoms with Gasteiger partial charge in [-0.1, -0.05) is 6.07 Å². The molecule has 108 valence electrons. The van der Waals surface area contributed by atoms with Crippen LogP contribution in [-0.4, -0.2) is 21.0 Å². The normalized spacial score (nSPS) is 9.19. The summed E-state index contributed by atoms with van der Waals surface area (Å²) < 4.78 is 0. The fourth-order valence-electron chi connectivity index (χ4n) is 1.50. The number of carboxylic acids is 1. The van der Waals surface area contributed by atoms with Gasteiger partial charge in [0.05, 0.1) is 17.8 Å². The molecule has 0 spiro atoms. The molecule has 0 aliphatic carbocycles. The maximum absolute atomic E-state index is 10.5. The standard InChI is InChI=1S/C7H7N3.C7H8N2O2/c1-5-6(9-2)3-4-7(8)10-5;1-4-5(7(10)11)2-3-6(8)9-4/h3-4H,1H3,(H2,8,10);2-3H,1H3,(H2,8,9)(H,10,11). The number of aromatic carboxylic acids is 1. The van der Waals surface area contributed by atoms with Crippen LogP contribution in [0.5, 0.6) is 0 Å². The Kier molecular flexibility index (Phi) is 5.20. The highest BCUT2D eigenvalue weighted by Gasteiger charge is 2.06. The number of hydrogen-bond acceptors (Lipinski definition) is 5. The predicted molar refractivity (Wildman–Crippen MR) is 80.0 cm³/mol. The van der Waals surface area contributed by atoms with Gasteiger partial charge in [-0.3, -0.25) is 0 Å². The highest BCUT2D eigenvalue weighted by atomic mass is 16.4. The molecule has 0 atom stereocenters. The van der Waals surface area contributed by atoms with Crippen LogP contribution in [0.3, 0.4) is 0 Å². The Morgan fingerprint density at radius 3 is 2.05 bits per heavy atom. The smallest absolute Gasteiger partial charge is 0.337 e. The Morgan fingerprint density at radius 1 is 1.10 bits per heavy atom. The zero-order valence-electron chi connectivity index (χ0n) is 11.7. The molecule has 0 amide bonds. The molecular weight excluding hydrogens is 270 g/mol. The molecule has 7 heteroatoms. The van der Waals surface area contributed by atoms with Crippen molar-refractivity contribution in [1.82, 2.24) is 9.97 Å². The summed E-state index contributed by atoms with van der Waals surface area (Å²) in [6.45, 7) is 10.1. The summed E-state index contributed by atoms with van der Waals surface area (Å²) in [6, 6.07) is 6.21. The Bertz CT molecular complexity index is 707. The third-order valence-corrected chi connectivity index (χ3v) is 2.54. The average molecular weight is 285 g/mol. The first kappa shape index (κ1) is 15.9. The first-order chi connectivity index (χ1) is 9.85. The minimum Gasteiger partial charge on any atom is -0.478 e. The van der Waals surface area contributed by atoms with Gasteiger partial charge in [0.25, 0.3) is 0 Å². The van der Waals surface area contributed by atoms with Gasteiger partial charge in [-0.15, -0.1) is 0 Å². The first-order valence-electron chi connectivity index (χ1n) is 5.92. The molecule has 2 aromatic rings. The number of nitrogen functional groups attached to an aromatic ring is 2. The first-order valence-corrected chi connectivity index (χ1v) is 5.92. The number of hydrogen-bond donors (Lipinski definition) is 3. The highest BCUT2D eigenvalue weighted by Crippen LogP contribution is 2.16. The lowest BCUT2D eigenvalue weighted by Gasteiger charge is -1.98. The average Bonchev–Trinajstić information content (AvgIpc) is 2.39. The van der Waals surface area contributed by atoms with Gasteiger partial charge in [-0.25, -0.2) is 19.6 Å². The van der Waals surface area contributed by atoms with E-state index in [1.165, 1.54) is 12.1 Å². The molecule has 0 saturated heterocycles. The zero-order chi connectivity index (χ0) is 16.0. The third kappa shape index (κ3) is 4.47. The number of carbonyl (C=O) groups is 1. The maximum atomic E-state index is 10.5. The molecule has 21 heavy (non-hydrogen) atoms. The number of aryl methyl sites for hydroxylation is 2. The minimum atomic E-state index is -0.977. The van der Waals surface area contributed by atoms with Gasteiger partial charge < -0.3 is 16.6 Å². The van der Waals surface area contributed by atoms with E-state index < -0.39 is 5.97 Å². The molecule has 5 N–H and O–H groups in total. The van der Waals surface area contributed by atoms with Crippen LogP contribution < -0.4 is 11.5 Å². The van der Waals surface area contributed by atoms with Crippen LogP contribution >= 0.6 is 0 Å². The van der Waals surface area contributed by atoms with E-state index >= 15 is 0 Å². The Hall–Kier alpha value is -3.14. The molecule has 2 heterocycles. The third-order valence-electron chi connectivity index (χ3n) is 2.54. The lowest BCUT2D eigenvalue weighted by Crippen LogP contribution is -2.03. The van der Waals surface area contributed by atoms with Crippen molar-refractivity contribution in [3.05, 3.63) is 52.6 Å². The molecule has 0 saturated carbocycles. The molecule has 0 fully saturated rings. The molecule has 2 aromatic heterocycles. The molecule has 0 radical (unpaired) electrons. The topological polar surface area (TPSA) is 119 Å². The van der Waals surface area contributed by atoms with Gasteiger partial charge >= 0.3 is 5.97 Å². The van der Waals surface area contributed by atoms with Crippen molar-refractivity contribution in [2.45, 2.75) is 13.8 Å². The lowest BCUT2D eigenvalue weighted by atomic mass is 10.2. The summed E-state index contributed by atoms with van der Waals surface area (Å²) in [4.78, 5) is 21.4. The van der Waals surface area contributed by atoms with Crippen LogP contribution in [0.15, 0.2) is 24.3 Å². The Labute approximate surface area is 122 Å². The summed E-state index contributed by atoms with van der Waals surface area (Å²) in [5.74, 6) is -0.174. The molecule has 0 aliphatic heterocycles. The van der Waals surface area contributed by atoms with Crippen molar-refractivity contribution in [2.75, 3.05) is 11.5 Å². The second-order valence-electron chi connectivity index (χ2n) is 4.13. The number of pyridine rings is 2. The quantitative estimate of drug-likeness (QED) is 0.691. The molecule has 0 bridgehead atoms. The number of rotatable bonds is 1. The molecule has 0 aromatic carbocycles. The van der Waals surface area contributed by atoms with Gasteiger partial charge in [0.2, 0.25) is 5.69 Å². The summed E-state index contributed by atoms with van der Waals surface area (Å²) in [5, 5.41) is 8.58. The van der Waals surface area contributed by atoms with Crippen LogP contribution in [0.2, 0.25) is 0 Å². The molecule has 0 aliphatic rings. The number of anilines is 2. The molecular formula is C14H15N5O2. The van der Waals surface area contributed by atoms with E-state index in [1.807, 2.05) is 0 Å². The van der Waals surface area contributed by atoms with Gasteiger partial charge in [-0.05, 0) is 32.0 Å². The minimum absolute atomic E-state index is 0.194.